The Morgan fingerprint density at radius 1 is 1.08 bits per heavy atom. The zero-order chi connectivity index (χ0) is 35.4. The number of rotatable bonds is 4. The van der Waals surface area contributed by atoms with Gasteiger partial charge in [0.2, 0.25) is 5.91 Å². The maximum atomic E-state index is 14.8. The predicted molar refractivity (Wildman–Crippen MR) is 192 cm³/mol. The maximum Gasteiger partial charge on any atom is 0.241 e. The van der Waals surface area contributed by atoms with Crippen LogP contribution in [0.1, 0.15) is 126 Å². The first-order valence-electron chi connectivity index (χ1n) is 18.2. The second-order valence-electron chi connectivity index (χ2n) is 17.9. The van der Waals surface area contributed by atoms with Crippen molar-refractivity contribution in [3.8, 4) is 0 Å². The van der Waals surface area contributed by atoms with Gasteiger partial charge in [0.05, 0.1) is 34.5 Å². The standard InChI is InChI=1S/C42H52N2O5/c1-21(2)33-36(48)31-30-23(26-20-38(3,4)49-39(5,6)32(26)35(30)47)19-24-25-18-22-13-14-27-40(7,16-11-10-12-29(43)46)28(45)15-17-41(27,8)42(22,9)37(25)44(33)34(24)31/h10-12,16,19-20,22,27-28,32-33,35,45,47H,1,13-15,17-18H2,2-9H3,(H2,43,46)/b12-10+,16-11+/t22-,27-,28-,32+,33-,35+,40-,41-,42+/m0/s1. The Bertz CT molecular complexity index is 1970. The number of ketones is 1. The number of carbonyl (C=O) groups excluding carboxylic acids is 2. The molecule has 2 aliphatic heterocycles. The lowest BCUT2D eigenvalue weighted by Crippen LogP contribution is -2.62. The fourth-order valence-electron chi connectivity index (χ4n) is 12.5. The molecule has 1 aromatic carbocycles. The molecule has 260 valence electrons. The number of hydrogen-bond acceptors (Lipinski definition) is 5. The first-order chi connectivity index (χ1) is 22.8. The Hall–Kier alpha value is -3.26. The van der Waals surface area contributed by atoms with Crippen LogP contribution in [0.5, 0.6) is 0 Å². The molecule has 0 radical (unpaired) electrons. The van der Waals surface area contributed by atoms with Gasteiger partial charge >= 0.3 is 0 Å². The summed E-state index contributed by atoms with van der Waals surface area (Å²) in [6.07, 6.45) is 12.3. The second kappa shape index (κ2) is 9.95. The van der Waals surface area contributed by atoms with E-state index >= 15 is 0 Å². The van der Waals surface area contributed by atoms with E-state index in [9.17, 15) is 19.8 Å². The molecule has 0 saturated heterocycles. The van der Waals surface area contributed by atoms with E-state index in [0.717, 1.165) is 58.9 Å². The lowest BCUT2D eigenvalue weighted by Gasteiger charge is -2.64. The fraction of sp³-hybridized carbons (Fsp3) is 0.571. The van der Waals surface area contributed by atoms with Crippen LogP contribution in [0.15, 0.2) is 48.6 Å². The number of Topliss-reactive ketones (excluding diaryl/α,β-unsaturated/α-hetero) is 1. The minimum absolute atomic E-state index is 0.0288. The Morgan fingerprint density at radius 3 is 2.47 bits per heavy atom. The molecule has 2 aromatic rings. The number of nitrogens with zero attached hydrogens (tertiary/aromatic N) is 1. The van der Waals surface area contributed by atoms with Crippen molar-refractivity contribution in [1.29, 1.82) is 0 Å². The summed E-state index contributed by atoms with van der Waals surface area (Å²) in [7, 11) is 0. The van der Waals surface area contributed by atoms with E-state index in [1.807, 2.05) is 13.0 Å². The van der Waals surface area contributed by atoms with Gasteiger partial charge < -0.3 is 25.3 Å². The topological polar surface area (TPSA) is 115 Å². The molecule has 0 bridgehead atoms. The Morgan fingerprint density at radius 2 is 1.80 bits per heavy atom. The number of primary amides is 1. The molecule has 4 aliphatic carbocycles. The summed E-state index contributed by atoms with van der Waals surface area (Å²) in [5, 5.41) is 24.9. The minimum Gasteiger partial charge on any atom is -0.392 e. The van der Waals surface area contributed by atoms with Crippen molar-refractivity contribution in [2.75, 3.05) is 0 Å². The number of nitrogens with two attached hydrogens (primary N) is 1. The van der Waals surface area contributed by atoms with Gasteiger partial charge in [-0.05, 0) is 113 Å². The molecule has 0 spiro atoms. The van der Waals surface area contributed by atoms with Crippen LogP contribution in [0.25, 0.3) is 16.5 Å². The highest BCUT2D eigenvalue weighted by molar-refractivity contribution is 6.18. The van der Waals surface area contributed by atoms with Crippen molar-refractivity contribution >= 4 is 28.2 Å². The maximum absolute atomic E-state index is 14.8. The average molecular weight is 665 g/mol. The fourth-order valence-corrected chi connectivity index (χ4v) is 12.5. The Balaban J connectivity index is 1.37. The average Bonchev–Trinajstić information content (AvgIpc) is 3.66. The Kier molecular flexibility index (Phi) is 6.69. The monoisotopic (exact) mass is 664 g/mol. The Labute approximate surface area is 290 Å². The zero-order valence-electron chi connectivity index (χ0n) is 30.3. The summed E-state index contributed by atoms with van der Waals surface area (Å²) in [4.78, 5) is 26.2. The lowest BCUT2D eigenvalue weighted by atomic mass is 9.40. The van der Waals surface area contributed by atoms with Gasteiger partial charge in [-0.3, -0.25) is 9.59 Å². The number of ether oxygens (including phenoxy) is 1. The molecule has 49 heavy (non-hydrogen) atoms. The number of benzene rings is 1. The van der Waals surface area contributed by atoms with Crippen molar-refractivity contribution < 1.29 is 24.5 Å². The van der Waals surface area contributed by atoms with Gasteiger partial charge in [0, 0.05) is 39.5 Å². The largest absolute Gasteiger partial charge is 0.392 e. The number of aliphatic hydroxyl groups excluding tert-OH is 2. The van der Waals surface area contributed by atoms with E-state index in [1.165, 1.54) is 17.3 Å². The molecule has 1 amide bonds. The molecule has 9 atom stereocenters. The number of carbonyl (C=O) groups is 2. The smallest absolute Gasteiger partial charge is 0.241 e. The summed E-state index contributed by atoms with van der Waals surface area (Å²) in [5.41, 5.74) is 11.1. The van der Waals surface area contributed by atoms with Gasteiger partial charge in [0.1, 0.15) is 6.04 Å². The zero-order valence-corrected chi connectivity index (χ0v) is 30.3. The molecule has 2 fully saturated rings. The molecule has 2 saturated carbocycles. The van der Waals surface area contributed by atoms with Crippen LogP contribution >= 0.6 is 0 Å². The molecule has 3 heterocycles. The van der Waals surface area contributed by atoms with Crippen LogP contribution in [0.4, 0.5) is 0 Å². The number of allylic oxidation sites excluding steroid dienone is 3. The summed E-state index contributed by atoms with van der Waals surface area (Å²) < 4.78 is 8.87. The van der Waals surface area contributed by atoms with E-state index in [-0.39, 0.29) is 28.4 Å². The van der Waals surface area contributed by atoms with E-state index in [0.29, 0.717) is 17.9 Å². The first kappa shape index (κ1) is 32.9. The summed E-state index contributed by atoms with van der Waals surface area (Å²) in [5.74, 6) is -0.176. The molecular weight excluding hydrogens is 612 g/mol. The third-order valence-electron chi connectivity index (χ3n) is 14.4. The summed E-state index contributed by atoms with van der Waals surface area (Å²) in [6.45, 7) is 21.6. The van der Waals surface area contributed by atoms with Gasteiger partial charge in [-0.1, -0.05) is 51.2 Å². The van der Waals surface area contributed by atoms with E-state index < -0.39 is 40.8 Å². The van der Waals surface area contributed by atoms with Crippen molar-refractivity contribution in [1.82, 2.24) is 4.57 Å². The number of amides is 1. The van der Waals surface area contributed by atoms with Crippen LogP contribution in [0, 0.1) is 28.6 Å². The number of hydrogen-bond donors (Lipinski definition) is 3. The molecule has 7 nitrogen and oxygen atoms in total. The van der Waals surface area contributed by atoms with Gasteiger partial charge in [-0.2, -0.15) is 0 Å². The molecule has 8 rings (SSSR count). The van der Waals surface area contributed by atoms with Crippen LogP contribution < -0.4 is 5.73 Å². The number of fused-ring (bicyclic) bond motifs is 11. The first-order valence-corrected chi connectivity index (χ1v) is 18.2. The van der Waals surface area contributed by atoms with E-state index in [2.05, 4.69) is 77.8 Å². The van der Waals surface area contributed by atoms with Crippen molar-refractivity contribution in [2.24, 2.45) is 34.3 Å². The van der Waals surface area contributed by atoms with Crippen LogP contribution in [-0.2, 0) is 21.4 Å². The quantitative estimate of drug-likeness (QED) is 0.182. The predicted octanol–water partition coefficient (Wildman–Crippen LogP) is 7.19. The minimum atomic E-state index is -0.853. The molecular formula is C42H52N2O5. The highest BCUT2D eigenvalue weighted by Gasteiger charge is 2.67. The summed E-state index contributed by atoms with van der Waals surface area (Å²) >= 11 is 0. The van der Waals surface area contributed by atoms with Gasteiger partial charge in [-0.25, -0.2) is 0 Å². The number of aromatic nitrogens is 1. The van der Waals surface area contributed by atoms with E-state index in [1.54, 1.807) is 6.08 Å². The van der Waals surface area contributed by atoms with Crippen molar-refractivity contribution in [3.05, 3.63) is 76.5 Å². The van der Waals surface area contributed by atoms with Crippen LogP contribution in [0.2, 0.25) is 0 Å². The van der Waals surface area contributed by atoms with Crippen LogP contribution in [0.3, 0.4) is 0 Å². The normalized spacial score (nSPS) is 39.6. The molecule has 7 heteroatoms. The van der Waals surface area contributed by atoms with E-state index in [4.69, 9.17) is 10.5 Å². The third-order valence-corrected chi connectivity index (χ3v) is 14.4. The molecule has 1 aromatic heterocycles. The summed E-state index contributed by atoms with van der Waals surface area (Å²) in [6, 6.07) is 1.77. The highest BCUT2D eigenvalue weighted by Crippen LogP contribution is 2.71. The van der Waals surface area contributed by atoms with Gasteiger partial charge in [0.25, 0.3) is 0 Å². The number of aliphatic hydroxyl groups is 2. The third kappa shape index (κ3) is 3.96. The molecule has 6 aliphatic rings. The molecule has 0 unspecified atom stereocenters. The SMILES string of the molecule is C=C(C)[C@H]1C(=O)c2c3c(cc4c5c(n1c24)[C@@]1(C)[C@@H](CC[C@H]2[C@](C)(/C=C/C=C/C(N)=O)[C@@H](O)CC[C@@]21C)C5)C1=CC(C)(C)OC(C)(C)[C@H]1[C@@H]3O. The van der Waals surface area contributed by atoms with Crippen LogP contribution in [-0.4, -0.2) is 43.8 Å². The second-order valence-corrected chi connectivity index (χ2v) is 17.9. The highest BCUT2D eigenvalue weighted by atomic mass is 16.5. The van der Waals surface area contributed by atoms with Crippen molar-refractivity contribution in [3.63, 3.8) is 0 Å². The van der Waals surface area contributed by atoms with Gasteiger partial charge in [0.15, 0.2) is 5.78 Å². The lowest BCUT2D eigenvalue weighted by molar-refractivity contribution is -0.144. The van der Waals surface area contributed by atoms with Crippen molar-refractivity contribution in [2.45, 2.75) is 122 Å². The van der Waals surface area contributed by atoms with Gasteiger partial charge in [-0.15, -0.1) is 0 Å². The molecule has 4 N–H and O–H groups in total.